The van der Waals surface area contributed by atoms with Crippen molar-refractivity contribution in [3.8, 4) is 5.75 Å². The molecule has 0 atom stereocenters. The van der Waals surface area contributed by atoms with Crippen molar-refractivity contribution >= 4 is 21.7 Å². The first-order valence-electron chi connectivity index (χ1n) is 6.84. The molecule has 0 aromatic heterocycles. The zero-order chi connectivity index (χ0) is 17.9. The summed E-state index contributed by atoms with van der Waals surface area (Å²) >= 11 is 0. The largest absolute Gasteiger partial charge is 0.496 e. The lowest BCUT2D eigenvalue weighted by Gasteiger charge is -2.13. The summed E-state index contributed by atoms with van der Waals surface area (Å²) < 4.78 is 50.3. The molecule has 0 aliphatic rings. The Kier molecular flexibility index (Phi) is 5.08. The zero-order valence-electron chi connectivity index (χ0n) is 13.3. The lowest BCUT2D eigenvalue weighted by Crippen LogP contribution is -2.15. The molecule has 6 nitrogen and oxygen atoms in total. The number of carbonyl (C=O) groups is 1. The van der Waals surface area contributed by atoms with Crippen LogP contribution in [0.15, 0.2) is 41.3 Å². The van der Waals surface area contributed by atoms with Crippen LogP contribution >= 0.6 is 0 Å². The number of carbonyl (C=O) groups excluding carboxylic acids is 1. The predicted octanol–water partition coefficient (Wildman–Crippen LogP) is 2.73. The summed E-state index contributed by atoms with van der Waals surface area (Å²) in [5.41, 5.74) is 0.732. The lowest BCUT2D eigenvalue weighted by atomic mass is 10.2. The van der Waals surface area contributed by atoms with Crippen molar-refractivity contribution in [1.82, 2.24) is 0 Å². The van der Waals surface area contributed by atoms with Crippen LogP contribution in [0.3, 0.4) is 0 Å². The molecular weight excluding hydrogens is 337 g/mol. The Bertz CT molecular complexity index is 880. The third kappa shape index (κ3) is 3.65. The van der Waals surface area contributed by atoms with Gasteiger partial charge in [0, 0.05) is 6.07 Å². The minimum absolute atomic E-state index is 0.151. The van der Waals surface area contributed by atoms with E-state index in [1.807, 2.05) is 0 Å². The van der Waals surface area contributed by atoms with E-state index in [0.717, 1.165) is 6.07 Å². The molecule has 2 rings (SSSR count). The summed E-state index contributed by atoms with van der Waals surface area (Å²) in [6.07, 6.45) is 0. The third-order valence-corrected chi connectivity index (χ3v) is 4.82. The van der Waals surface area contributed by atoms with Gasteiger partial charge in [0.05, 0.1) is 24.8 Å². The van der Waals surface area contributed by atoms with E-state index in [9.17, 15) is 17.6 Å². The van der Waals surface area contributed by atoms with E-state index in [-0.39, 0.29) is 21.9 Å². The fourth-order valence-corrected chi connectivity index (χ4v) is 3.41. The lowest BCUT2D eigenvalue weighted by molar-refractivity contribution is 0.0597. The van der Waals surface area contributed by atoms with Crippen LogP contribution in [0.4, 0.5) is 10.1 Å². The van der Waals surface area contributed by atoms with Gasteiger partial charge >= 0.3 is 5.97 Å². The molecule has 0 aliphatic carbocycles. The Morgan fingerprint density at radius 2 is 1.83 bits per heavy atom. The van der Waals surface area contributed by atoms with E-state index in [0.29, 0.717) is 5.56 Å². The maximum absolute atomic E-state index is 13.4. The van der Waals surface area contributed by atoms with Crippen LogP contribution in [0.5, 0.6) is 5.75 Å². The molecular formula is C16H16FNO5S. The molecule has 0 heterocycles. The predicted molar refractivity (Wildman–Crippen MR) is 86.3 cm³/mol. The normalized spacial score (nSPS) is 11.0. The summed E-state index contributed by atoms with van der Waals surface area (Å²) in [7, 11) is -1.42. The molecule has 0 spiro atoms. The van der Waals surface area contributed by atoms with Crippen LogP contribution in [-0.2, 0) is 14.8 Å². The van der Waals surface area contributed by atoms with Crippen molar-refractivity contribution in [1.29, 1.82) is 0 Å². The van der Waals surface area contributed by atoms with Crippen molar-refractivity contribution in [2.75, 3.05) is 18.9 Å². The van der Waals surface area contributed by atoms with Crippen LogP contribution < -0.4 is 9.46 Å². The third-order valence-electron chi connectivity index (χ3n) is 3.30. The van der Waals surface area contributed by atoms with Gasteiger partial charge < -0.3 is 9.47 Å². The van der Waals surface area contributed by atoms with Gasteiger partial charge in [-0.1, -0.05) is 6.07 Å². The highest BCUT2D eigenvalue weighted by atomic mass is 32.2. The molecule has 0 bridgehead atoms. The van der Waals surface area contributed by atoms with Crippen LogP contribution in [0.25, 0.3) is 0 Å². The van der Waals surface area contributed by atoms with Crippen LogP contribution in [0.1, 0.15) is 15.9 Å². The van der Waals surface area contributed by atoms with Crippen LogP contribution in [-0.4, -0.2) is 28.6 Å². The van der Waals surface area contributed by atoms with Crippen LogP contribution in [0.2, 0.25) is 0 Å². The van der Waals surface area contributed by atoms with E-state index in [1.165, 1.54) is 44.6 Å². The highest BCUT2D eigenvalue weighted by Gasteiger charge is 2.20. The highest BCUT2D eigenvalue weighted by molar-refractivity contribution is 7.92. The Labute approximate surface area is 139 Å². The zero-order valence-corrected chi connectivity index (χ0v) is 14.1. The van der Waals surface area contributed by atoms with Gasteiger partial charge in [0.1, 0.15) is 17.1 Å². The van der Waals surface area contributed by atoms with Gasteiger partial charge in [0.15, 0.2) is 0 Å². The average molecular weight is 353 g/mol. The van der Waals surface area contributed by atoms with Gasteiger partial charge in [-0.2, -0.15) is 0 Å². The first kappa shape index (κ1) is 17.7. The molecule has 0 radical (unpaired) electrons. The van der Waals surface area contributed by atoms with E-state index in [4.69, 9.17) is 4.74 Å². The summed E-state index contributed by atoms with van der Waals surface area (Å²) in [4.78, 5) is 11.4. The summed E-state index contributed by atoms with van der Waals surface area (Å²) in [6, 6.07) is 7.62. The number of anilines is 1. The molecule has 0 fully saturated rings. The number of nitrogens with one attached hydrogen (secondary N) is 1. The monoisotopic (exact) mass is 353 g/mol. The Morgan fingerprint density at radius 3 is 2.46 bits per heavy atom. The first-order valence-corrected chi connectivity index (χ1v) is 8.32. The van der Waals surface area contributed by atoms with E-state index >= 15 is 0 Å². The van der Waals surface area contributed by atoms with Gasteiger partial charge in [0.2, 0.25) is 0 Å². The topological polar surface area (TPSA) is 81.7 Å². The smallest absolute Gasteiger partial charge is 0.341 e. The van der Waals surface area contributed by atoms with Crippen molar-refractivity contribution in [3.05, 3.63) is 53.3 Å². The second-order valence-electron chi connectivity index (χ2n) is 4.92. The van der Waals surface area contributed by atoms with E-state index < -0.39 is 21.8 Å². The van der Waals surface area contributed by atoms with Gasteiger partial charge in [-0.25, -0.2) is 17.6 Å². The van der Waals surface area contributed by atoms with Gasteiger partial charge in [0.25, 0.3) is 10.0 Å². The molecule has 1 N–H and O–H groups in total. The number of methoxy groups -OCH3 is 2. The van der Waals surface area contributed by atoms with Crippen molar-refractivity contribution in [2.45, 2.75) is 11.8 Å². The quantitative estimate of drug-likeness (QED) is 0.836. The second kappa shape index (κ2) is 6.88. The minimum Gasteiger partial charge on any atom is -0.496 e. The average Bonchev–Trinajstić information content (AvgIpc) is 2.55. The Morgan fingerprint density at radius 1 is 1.12 bits per heavy atom. The number of hydrogen-bond donors (Lipinski definition) is 1. The Balaban J connectivity index is 2.40. The number of benzene rings is 2. The maximum Gasteiger partial charge on any atom is 0.341 e. The molecule has 128 valence electrons. The summed E-state index contributed by atoms with van der Waals surface area (Å²) in [6.45, 7) is 1.56. The number of esters is 1. The SMILES string of the molecule is COC(=O)c1ccc(NS(=O)(=O)c2cc(F)ccc2C)cc1OC. The van der Waals surface area contributed by atoms with Crippen molar-refractivity contribution < 1.29 is 27.1 Å². The number of sulfonamides is 1. The van der Waals surface area contributed by atoms with Gasteiger partial charge in [-0.05, 0) is 36.8 Å². The molecule has 0 saturated heterocycles. The fraction of sp³-hybridized carbons (Fsp3) is 0.188. The molecule has 0 amide bonds. The van der Waals surface area contributed by atoms with Crippen molar-refractivity contribution in [2.24, 2.45) is 0 Å². The summed E-state index contributed by atoms with van der Waals surface area (Å²) in [5.74, 6) is -1.11. The molecule has 2 aromatic carbocycles. The molecule has 0 unspecified atom stereocenters. The second-order valence-corrected chi connectivity index (χ2v) is 6.57. The number of ether oxygens (including phenoxy) is 2. The van der Waals surface area contributed by atoms with Gasteiger partial charge in [-0.3, -0.25) is 4.72 Å². The molecule has 8 heteroatoms. The van der Waals surface area contributed by atoms with Crippen LogP contribution in [0, 0.1) is 12.7 Å². The standard InChI is InChI=1S/C16H16FNO5S/c1-10-4-5-11(17)8-15(10)24(20,21)18-12-6-7-13(16(19)23-3)14(9-12)22-2/h4-9,18H,1-3H3. The van der Waals surface area contributed by atoms with E-state index in [2.05, 4.69) is 9.46 Å². The number of aryl methyl sites for hydroxylation is 1. The maximum atomic E-state index is 13.4. The minimum atomic E-state index is -3.99. The number of rotatable bonds is 5. The Hall–Kier alpha value is -2.61. The molecule has 0 aliphatic heterocycles. The van der Waals surface area contributed by atoms with Crippen molar-refractivity contribution in [3.63, 3.8) is 0 Å². The highest BCUT2D eigenvalue weighted by Crippen LogP contribution is 2.26. The number of halogens is 1. The number of hydrogen-bond acceptors (Lipinski definition) is 5. The molecule has 0 saturated carbocycles. The molecule has 24 heavy (non-hydrogen) atoms. The first-order chi connectivity index (χ1) is 11.3. The summed E-state index contributed by atoms with van der Waals surface area (Å²) in [5, 5.41) is 0. The van der Waals surface area contributed by atoms with E-state index in [1.54, 1.807) is 6.92 Å². The van der Waals surface area contributed by atoms with Gasteiger partial charge in [-0.15, -0.1) is 0 Å². The molecule has 2 aromatic rings. The fourth-order valence-electron chi connectivity index (χ4n) is 2.11.